The average molecular weight is 643 g/mol. The van der Waals surface area contributed by atoms with Gasteiger partial charge < -0.3 is 19.5 Å². The standard InChI is InChI=1S/C35H48BrNO5/c1-4-5-6-7-8-9-10-11-12-13-14-15-16-17-23-37-32(26-21-22-29(41-2)30(25-26)42-3)31(34(39)35(37)40)33(38)27-19-18-20-28(36)24-27/h18-22,24-25,32,38H,4-17,23H2,1-3H3. The van der Waals surface area contributed by atoms with Crippen LogP contribution in [-0.2, 0) is 9.59 Å². The molecule has 230 valence electrons. The van der Waals surface area contributed by atoms with Gasteiger partial charge in [-0.3, -0.25) is 9.59 Å². The van der Waals surface area contributed by atoms with Crippen LogP contribution in [0.15, 0.2) is 52.5 Å². The molecular formula is C35H48BrNO5. The number of amides is 1. The molecule has 2 aromatic rings. The molecule has 7 heteroatoms. The van der Waals surface area contributed by atoms with Gasteiger partial charge in [-0.05, 0) is 36.2 Å². The van der Waals surface area contributed by atoms with Crippen molar-refractivity contribution in [2.45, 2.75) is 103 Å². The molecular weight excluding hydrogens is 594 g/mol. The maximum atomic E-state index is 13.3. The van der Waals surface area contributed by atoms with E-state index in [0.29, 0.717) is 29.2 Å². The summed E-state index contributed by atoms with van der Waals surface area (Å²) in [6.45, 7) is 2.70. The first-order valence-electron chi connectivity index (χ1n) is 15.7. The van der Waals surface area contributed by atoms with Crippen LogP contribution in [0.3, 0.4) is 0 Å². The molecule has 0 bridgehead atoms. The van der Waals surface area contributed by atoms with Crippen LogP contribution >= 0.6 is 15.9 Å². The number of carbonyl (C=O) groups excluding carboxylic acids is 2. The normalized spacial score (nSPS) is 16.3. The van der Waals surface area contributed by atoms with Gasteiger partial charge in [-0.1, -0.05) is 125 Å². The molecule has 1 amide bonds. The minimum Gasteiger partial charge on any atom is -0.507 e. The molecule has 1 aliphatic rings. The van der Waals surface area contributed by atoms with Crippen LogP contribution in [0, 0.1) is 0 Å². The number of rotatable bonds is 19. The number of hydrogen-bond donors (Lipinski definition) is 1. The summed E-state index contributed by atoms with van der Waals surface area (Å²) in [7, 11) is 3.11. The lowest BCUT2D eigenvalue weighted by atomic mass is 9.95. The van der Waals surface area contributed by atoms with Gasteiger partial charge in [0.2, 0.25) is 0 Å². The average Bonchev–Trinajstić information content (AvgIpc) is 3.25. The lowest BCUT2D eigenvalue weighted by Crippen LogP contribution is -2.30. The van der Waals surface area contributed by atoms with Crippen molar-refractivity contribution in [3.05, 3.63) is 63.6 Å². The number of aliphatic hydroxyl groups is 1. The summed E-state index contributed by atoms with van der Waals surface area (Å²) in [6.07, 6.45) is 17.5. The van der Waals surface area contributed by atoms with Gasteiger partial charge in [-0.2, -0.15) is 0 Å². The molecule has 0 saturated carbocycles. The summed E-state index contributed by atoms with van der Waals surface area (Å²) in [4.78, 5) is 28.3. The zero-order valence-electron chi connectivity index (χ0n) is 25.6. The fourth-order valence-corrected chi connectivity index (χ4v) is 6.15. The van der Waals surface area contributed by atoms with E-state index in [2.05, 4.69) is 22.9 Å². The molecule has 6 nitrogen and oxygen atoms in total. The molecule has 1 N–H and O–H groups in total. The predicted octanol–water partition coefficient (Wildman–Crippen LogP) is 9.37. The van der Waals surface area contributed by atoms with Gasteiger partial charge in [0, 0.05) is 16.6 Å². The minimum absolute atomic E-state index is 0.0932. The summed E-state index contributed by atoms with van der Waals surface area (Å²) in [5.41, 5.74) is 1.26. The fraction of sp³-hybridized carbons (Fsp3) is 0.543. The van der Waals surface area contributed by atoms with Gasteiger partial charge in [0.25, 0.3) is 11.7 Å². The highest BCUT2D eigenvalue weighted by Gasteiger charge is 2.46. The topological polar surface area (TPSA) is 76.1 Å². The van der Waals surface area contributed by atoms with Crippen molar-refractivity contribution in [3.63, 3.8) is 0 Å². The smallest absolute Gasteiger partial charge is 0.295 e. The highest BCUT2D eigenvalue weighted by atomic mass is 79.9. The third-order valence-corrected chi connectivity index (χ3v) is 8.61. The number of ketones is 1. The molecule has 0 aliphatic carbocycles. The first-order valence-corrected chi connectivity index (χ1v) is 16.5. The van der Waals surface area contributed by atoms with Crippen molar-refractivity contribution in [1.29, 1.82) is 0 Å². The van der Waals surface area contributed by atoms with Crippen LogP contribution < -0.4 is 9.47 Å². The Hall–Kier alpha value is -2.80. The van der Waals surface area contributed by atoms with Crippen LogP contribution in [0.4, 0.5) is 0 Å². The highest BCUT2D eigenvalue weighted by molar-refractivity contribution is 9.10. The van der Waals surface area contributed by atoms with Crippen molar-refractivity contribution >= 4 is 33.4 Å². The third kappa shape index (κ3) is 9.35. The van der Waals surface area contributed by atoms with E-state index in [1.807, 2.05) is 12.1 Å². The van der Waals surface area contributed by atoms with Crippen molar-refractivity contribution < 1.29 is 24.2 Å². The molecule has 42 heavy (non-hydrogen) atoms. The summed E-state index contributed by atoms with van der Waals surface area (Å²) in [5.74, 6) is -0.381. The number of carbonyl (C=O) groups is 2. The maximum Gasteiger partial charge on any atom is 0.295 e. The molecule has 1 atom stereocenters. The van der Waals surface area contributed by atoms with Crippen molar-refractivity contribution in [1.82, 2.24) is 4.90 Å². The zero-order valence-corrected chi connectivity index (χ0v) is 27.2. The van der Waals surface area contributed by atoms with E-state index in [1.54, 1.807) is 49.5 Å². The molecule has 0 aromatic heterocycles. The fourth-order valence-electron chi connectivity index (χ4n) is 5.75. The van der Waals surface area contributed by atoms with E-state index in [-0.39, 0.29) is 11.3 Å². The summed E-state index contributed by atoms with van der Waals surface area (Å²) >= 11 is 3.43. The van der Waals surface area contributed by atoms with Crippen LogP contribution in [0.5, 0.6) is 11.5 Å². The number of nitrogens with zero attached hydrogens (tertiary/aromatic N) is 1. The Labute approximate surface area is 260 Å². The molecule has 3 rings (SSSR count). The molecule has 1 saturated heterocycles. The molecule has 1 fully saturated rings. The summed E-state index contributed by atoms with van der Waals surface area (Å²) in [5, 5.41) is 11.3. The predicted molar refractivity (Wildman–Crippen MR) is 173 cm³/mol. The molecule has 1 unspecified atom stereocenters. The zero-order chi connectivity index (χ0) is 30.3. The lowest BCUT2D eigenvalue weighted by Gasteiger charge is -2.26. The number of methoxy groups -OCH3 is 2. The van der Waals surface area contributed by atoms with E-state index in [9.17, 15) is 14.7 Å². The second-order valence-corrected chi connectivity index (χ2v) is 12.1. The quantitative estimate of drug-likeness (QED) is 0.0715. The van der Waals surface area contributed by atoms with E-state index in [4.69, 9.17) is 9.47 Å². The first kappa shape index (κ1) is 33.7. The Morgan fingerprint density at radius 2 is 1.36 bits per heavy atom. The van der Waals surface area contributed by atoms with Gasteiger partial charge in [-0.15, -0.1) is 0 Å². The second-order valence-electron chi connectivity index (χ2n) is 11.2. The Kier molecular flexibility index (Phi) is 14.4. The van der Waals surface area contributed by atoms with Crippen LogP contribution in [0.2, 0.25) is 0 Å². The SMILES string of the molecule is CCCCCCCCCCCCCCCCN1C(=O)C(=O)C(=C(O)c2cccc(Br)c2)C1c1ccc(OC)c(OC)c1. The second kappa shape index (κ2) is 18.0. The summed E-state index contributed by atoms with van der Waals surface area (Å²) in [6, 6.07) is 11.7. The van der Waals surface area contributed by atoms with Gasteiger partial charge in [0.05, 0.1) is 25.8 Å². The van der Waals surface area contributed by atoms with Crippen LogP contribution in [0.25, 0.3) is 5.76 Å². The van der Waals surface area contributed by atoms with E-state index >= 15 is 0 Å². The van der Waals surface area contributed by atoms with Crippen molar-refractivity contribution in [2.75, 3.05) is 20.8 Å². The number of ether oxygens (including phenoxy) is 2. The highest BCUT2D eigenvalue weighted by Crippen LogP contribution is 2.42. The molecule has 1 aliphatic heterocycles. The minimum atomic E-state index is -0.717. The Morgan fingerprint density at radius 1 is 0.786 bits per heavy atom. The Balaban J connectivity index is 1.62. The number of likely N-dealkylation sites (tertiary alicyclic amines) is 1. The van der Waals surface area contributed by atoms with E-state index < -0.39 is 17.7 Å². The monoisotopic (exact) mass is 641 g/mol. The van der Waals surface area contributed by atoms with Gasteiger partial charge in [0.1, 0.15) is 5.76 Å². The third-order valence-electron chi connectivity index (χ3n) is 8.11. The number of aliphatic hydroxyl groups excluding tert-OH is 1. The van der Waals surface area contributed by atoms with E-state index in [0.717, 1.165) is 23.7 Å². The van der Waals surface area contributed by atoms with Crippen LogP contribution in [-0.4, -0.2) is 42.5 Å². The number of unbranched alkanes of at least 4 members (excludes halogenated alkanes) is 13. The molecule has 2 aromatic carbocycles. The summed E-state index contributed by atoms with van der Waals surface area (Å²) < 4.78 is 11.7. The Bertz CT molecular complexity index is 1190. The van der Waals surface area contributed by atoms with Crippen LogP contribution in [0.1, 0.15) is 114 Å². The van der Waals surface area contributed by atoms with E-state index in [1.165, 1.54) is 70.6 Å². The number of hydrogen-bond acceptors (Lipinski definition) is 5. The van der Waals surface area contributed by atoms with Gasteiger partial charge in [0.15, 0.2) is 11.5 Å². The largest absolute Gasteiger partial charge is 0.507 e. The lowest BCUT2D eigenvalue weighted by molar-refractivity contribution is -0.139. The number of Topliss-reactive ketones (excluding diaryl/α,β-unsaturated/α-hetero) is 1. The van der Waals surface area contributed by atoms with Crippen molar-refractivity contribution in [3.8, 4) is 11.5 Å². The Morgan fingerprint density at radius 3 is 1.90 bits per heavy atom. The molecule has 0 spiro atoms. The number of halogens is 1. The maximum absolute atomic E-state index is 13.3. The van der Waals surface area contributed by atoms with Gasteiger partial charge >= 0.3 is 0 Å². The first-order chi connectivity index (χ1) is 20.4. The molecule has 1 heterocycles. The van der Waals surface area contributed by atoms with Crippen molar-refractivity contribution in [2.24, 2.45) is 0 Å². The molecule has 0 radical (unpaired) electrons. The van der Waals surface area contributed by atoms with Gasteiger partial charge in [-0.25, -0.2) is 0 Å². The number of benzene rings is 2.